The number of thioether (sulfide) groups is 1. The molecular formula is C11H14S. The molecule has 0 nitrogen and oxygen atoms in total. The summed E-state index contributed by atoms with van der Waals surface area (Å²) >= 11 is 2.02. The molecule has 0 bridgehead atoms. The topological polar surface area (TPSA) is 0 Å². The molecule has 0 saturated heterocycles. The summed E-state index contributed by atoms with van der Waals surface area (Å²) in [4.78, 5) is 1.46. The van der Waals surface area contributed by atoms with E-state index in [4.69, 9.17) is 0 Å². The van der Waals surface area contributed by atoms with Gasteiger partial charge in [0.15, 0.2) is 0 Å². The van der Waals surface area contributed by atoms with Crippen molar-refractivity contribution in [2.45, 2.75) is 24.7 Å². The molecule has 0 aliphatic heterocycles. The molecule has 0 N–H and O–H groups in total. The van der Waals surface area contributed by atoms with Crippen molar-refractivity contribution in [2.24, 2.45) is 5.92 Å². The third-order valence-electron chi connectivity index (χ3n) is 2.27. The number of hydrogen-bond acceptors (Lipinski definition) is 1. The lowest BCUT2D eigenvalue weighted by Crippen LogP contribution is -1.83. The Morgan fingerprint density at radius 3 is 2.75 bits per heavy atom. The molecule has 0 atom stereocenters. The lowest BCUT2D eigenvalue weighted by atomic mass is 10.2. The molecule has 1 heteroatoms. The minimum atomic E-state index is 1.02. The Labute approximate surface area is 78.4 Å². The van der Waals surface area contributed by atoms with Gasteiger partial charge in [0.05, 0.1) is 0 Å². The number of aryl methyl sites for hydroxylation is 1. The van der Waals surface area contributed by atoms with Crippen LogP contribution in [0.5, 0.6) is 0 Å². The Hall–Kier alpha value is -0.430. The maximum Gasteiger partial charge on any atom is 0.0101 e. The lowest BCUT2D eigenvalue weighted by molar-refractivity contribution is 0.999. The van der Waals surface area contributed by atoms with Crippen molar-refractivity contribution in [3.05, 3.63) is 29.8 Å². The van der Waals surface area contributed by atoms with E-state index in [1.807, 2.05) is 11.8 Å². The summed E-state index contributed by atoms with van der Waals surface area (Å²) in [6.07, 6.45) is 2.91. The molecule has 0 amide bonds. The Bertz CT molecular complexity index is 263. The molecule has 1 aromatic carbocycles. The molecule has 1 aliphatic rings. The van der Waals surface area contributed by atoms with Gasteiger partial charge in [0.1, 0.15) is 0 Å². The van der Waals surface area contributed by atoms with E-state index >= 15 is 0 Å². The minimum absolute atomic E-state index is 1.02. The van der Waals surface area contributed by atoms with Gasteiger partial charge in [0.2, 0.25) is 0 Å². The highest BCUT2D eigenvalue weighted by Crippen LogP contribution is 2.35. The predicted octanol–water partition coefficient (Wildman–Crippen LogP) is 3.50. The molecule has 0 heterocycles. The van der Waals surface area contributed by atoms with Crippen LogP contribution in [0, 0.1) is 12.8 Å². The summed E-state index contributed by atoms with van der Waals surface area (Å²) in [6.45, 7) is 2.19. The van der Waals surface area contributed by atoms with Crippen molar-refractivity contribution >= 4 is 11.8 Å². The standard InChI is InChI=1S/C11H14S/c1-9-4-2-3-5-11(9)12-8-10-6-7-10/h2-5,10H,6-8H2,1H3. The molecule has 0 aromatic heterocycles. The summed E-state index contributed by atoms with van der Waals surface area (Å²) in [7, 11) is 0. The first-order valence-corrected chi connectivity index (χ1v) is 5.53. The van der Waals surface area contributed by atoms with Gasteiger partial charge >= 0.3 is 0 Å². The number of hydrogen-bond donors (Lipinski definition) is 0. The summed E-state index contributed by atoms with van der Waals surface area (Å²) < 4.78 is 0. The van der Waals surface area contributed by atoms with Crippen molar-refractivity contribution in [3.8, 4) is 0 Å². The SMILES string of the molecule is Cc1ccccc1SCC1CC1. The van der Waals surface area contributed by atoms with Crippen LogP contribution in [-0.2, 0) is 0 Å². The first-order valence-electron chi connectivity index (χ1n) is 4.54. The third-order valence-corrected chi connectivity index (χ3v) is 3.67. The second-order valence-electron chi connectivity index (χ2n) is 3.52. The minimum Gasteiger partial charge on any atom is -0.126 e. The van der Waals surface area contributed by atoms with Crippen LogP contribution in [0.15, 0.2) is 29.2 Å². The largest absolute Gasteiger partial charge is 0.126 e. The van der Waals surface area contributed by atoms with Crippen molar-refractivity contribution in [1.82, 2.24) is 0 Å². The normalized spacial score (nSPS) is 16.4. The van der Waals surface area contributed by atoms with Gasteiger partial charge in [-0.15, -0.1) is 11.8 Å². The molecular weight excluding hydrogens is 164 g/mol. The molecule has 2 rings (SSSR count). The van der Waals surface area contributed by atoms with Crippen LogP contribution in [0.25, 0.3) is 0 Å². The van der Waals surface area contributed by atoms with Gasteiger partial charge in [-0.3, -0.25) is 0 Å². The quantitative estimate of drug-likeness (QED) is 0.638. The van der Waals surface area contributed by atoms with Crippen molar-refractivity contribution in [1.29, 1.82) is 0 Å². The van der Waals surface area contributed by atoms with E-state index in [1.54, 1.807) is 0 Å². The van der Waals surface area contributed by atoms with E-state index in [-0.39, 0.29) is 0 Å². The lowest BCUT2D eigenvalue weighted by Gasteiger charge is -2.03. The Kier molecular flexibility index (Phi) is 2.40. The summed E-state index contributed by atoms with van der Waals surface area (Å²) in [5.41, 5.74) is 1.42. The van der Waals surface area contributed by atoms with Gasteiger partial charge in [-0.1, -0.05) is 18.2 Å². The van der Waals surface area contributed by atoms with Gasteiger partial charge in [-0.2, -0.15) is 0 Å². The van der Waals surface area contributed by atoms with Crippen LogP contribution in [-0.4, -0.2) is 5.75 Å². The van der Waals surface area contributed by atoms with Crippen LogP contribution in [0.3, 0.4) is 0 Å². The Balaban J connectivity index is 1.96. The molecule has 64 valence electrons. The average Bonchev–Trinajstić information content (AvgIpc) is 2.86. The van der Waals surface area contributed by atoms with Crippen molar-refractivity contribution in [2.75, 3.05) is 5.75 Å². The van der Waals surface area contributed by atoms with E-state index in [2.05, 4.69) is 31.2 Å². The van der Waals surface area contributed by atoms with E-state index in [0.717, 1.165) is 5.92 Å². The molecule has 0 unspecified atom stereocenters. The molecule has 1 aromatic rings. The van der Waals surface area contributed by atoms with Gasteiger partial charge < -0.3 is 0 Å². The zero-order valence-corrected chi connectivity index (χ0v) is 8.23. The fourth-order valence-corrected chi connectivity index (χ4v) is 2.43. The van der Waals surface area contributed by atoms with Gasteiger partial charge in [-0.25, -0.2) is 0 Å². The van der Waals surface area contributed by atoms with Gasteiger partial charge in [0.25, 0.3) is 0 Å². The molecule has 0 spiro atoms. The van der Waals surface area contributed by atoms with E-state index in [9.17, 15) is 0 Å². The van der Waals surface area contributed by atoms with Crippen LogP contribution in [0.4, 0.5) is 0 Å². The first kappa shape index (κ1) is 8.18. The van der Waals surface area contributed by atoms with E-state index in [1.165, 1.54) is 29.1 Å². The molecule has 12 heavy (non-hydrogen) atoms. The second-order valence-corrected chi connectivity index (χ2v) is 4.58. The molecule has 0 radical (unpaired) electrons. The summed E-state index contributed by atoms with van der Waals surface area (Å²) in [6, 6.07) is 8.65. The van der Waals surface area contributed by atoms with Gasteiger partial charge in [-0.05, 0) is 37.3 Å². The zero-order valence-electron chi connectivity index (χ0n) is 7.42. The van der Waals surface area contributed by atoms with Crippen LogP contribution in [0.1, 0.15) is 18.4 Å². The van der Waals surface area contributed by atoms with Crippen LogP contribution in [0.2, 0.25) is 0 Å². The Morgan fingerprint density at radius 1 is 1.33 bits per heavy atom. The molecule has 1 saturated carbocycles. The average molecular weight is 178 g/mol. The molecule has 1 aliphatic carbocycles. The highest BCUT2D eigenvalue weighted by Gasteiger charge is 2.21. The monoisotopic (exact) mass is 178 g/mol. The fraction of sp³-hybridized carbons (Fsp3) is 0.455. The second kappa shape index (κ2) is 3.53. The maximum absolute atomic E-state index is 2.22. The number of benzene rings is 1. The number of rotatable bonds is 3. The van der Waals surface area contributed by atoms with Crippen molar-refractivity contribution < 1.29 is 0 Å². The summed E-state index contributed by atoms with van der Waals surface area (Å²) in [5.74, 6) is 2.35. The highest BCUT2D eigenvalue weighted by molar-refractivity contribution is 7.99. The maximum atomic E-state index is 2.22. The Morgan fingerprint density at radius 2 is 2.08 bits per heavy atom. The van der Waals surface area contributed by atoms with Crippen molar-refractivity contribution in [3.63, 3.8) is 0 Å². The van der Waals surface area contributed by atoms with E-state index < -0.39 is 0 Å². The first-order chi connectivity index (χ1) is 5.86. The fourth-order valence-electron chi connectivity index (χ4n) is 1.21. The predicted molar refractivity (Wildman–Crippen MR) is 54.6 cm³/mol. The third kappa shape index (κ3) is 2.04. The van der Waals surface area contributed by atoms with Crippen LogP contribution < -0.4 is 0 Å². The van der Waals surface area contributed by atoms with Gasteiger partial charge in [0, 0.05) is 10.6 Å². The van der Waals surface area contributed by atoms with Crippen LogP contribution >= 0.6 is 11.8 Å². The smallest absolute Gasteiger partial charge is 0.0101 e. The molecule has 1 fully saturated rings. The summed E-state index contributed by atoms with van der Waals surface area (Å²) in [5, 5.41) is 0. The zero-order chi connectivity index (χ0) is 8.39. The highest BCUT2D eigenvalue weighted by atomic mass is 32.2. The van der Waals surface area contributed by atoms with E-state index in [0.29, 0.717) is 0 Å².